The van der Waals surface area contributed by atoms with Crippen LogP contribution in [0.15, 0.2) is 41.3 Å². The Balaban J connectivity index is 2.64. The first-order valence-electron chi connectivity index (χ1n) is 6.70. The molecule has 2 aromatic rings. The molecule has 24 heavy (non-hydrogen) atoms. The van der Waals surface area contributed by atoms with E-state index in [2.05, 4.69) is 11.8 Å². The zero-order valence-corrected chi connectivity index (χ0v) is 13.3. The van der Waals surface area contributed by atoms with Crippen molar-refractivity contribution >= 4 is 21.6 Å². The van der Waals surface area contributed by atoms with Gasteiger partial charge in [0.2, 0.25) is 10.0 Å². The van der Waals surface area contributed by atoms with Crippen LogP contribution in [0.5, 0.6) is 0 Å². The molecule has 0 atom stereocenters. The molecule has 7 N–H and O–H groups in total. The SMILES string of the molecule is NC(=O)c1cc(C#CCO)cc(-c2ccc(S(N)(=O)=O)cc2)c1N. The normalized spacial score (nSPS) is 10.8. The summed E-state index contributed by atoms with van der Waals surface area (Å²) in [7, 11) is -3.81. The largest absolute Gasteiger partial charge is 0.398 e. The fourth-order valence-electron chi connectivity index (χ4n) is 2.13. The van der Waals surface area contributed by atoms with Crippen LogP contribution in [0.4, 0.5) is 5.69 Å². The molecule has 0 unspecified atom stereocenters. The Labute approximate surface area is 139 Å². The Bertz CT molecular complexity index is 955. The highest BCUT2D eigenvalue weighted by Crippen LogP contribution is 2.30. The van der Waals surface area contributed by atoms with Gasteiger partial charge in [-0.2, -0.15) is 0 Å². The molecule has 0 aliphatic heterocycles. The van der Waals surface area contributed by atoms with E-state index in [0.29, 0.717) is 16.7 Å². The van der Waals surface area contributed by atoms with Crippen LogP contribution in [0.25, 0.3) is 11.1 Å². The first-order chi connectivity index (χ1) is 11.2. The average Bonchev–Trinajstić information content (AvgIpc) is 2.53. The fourth-order valence-corrected chi connectivity index (χ4v) is 2.65. The number of primary amides is 1. The van der Waals surface area contributed by atoms with Crippen LogP contribution < -0.4 is 16.6 Å². The van der Waals surface area contributed by atoms with Crippen LogP contribution in [0, 0.1) is 11.8 Å². The van der Waals surface area contributed by atoms with E-state index in [1.165, 1.54) is 30.3 Å². The van der Waals surface area contributed by atoms with E-state index < -0.39 is 15.9 Å². The Morgan fingerprint density at radius 2 is 1.79 bits per heavy atom. The van der Waals surface area contributed by atoms with E-state index in [9.17, 15) is 13.2 Å². The van der Waals surface area contributed by atoms with Gasteiger partial charge in [0.1, 0.15) is 6.61 Å². The van der Waals surface area contributed by atoms with Gasteiger partial charge in [-0.25, -0.2) is 13.6 Å². The van der Waals surface area contributed by atoms with Gasteiger partial charge in [-0.15, -0.1) is 0 Å². The second kappa shape index (κ2) is 6.72. The van der Waals surface area contributed by atoms with Crippen molar-refractivity contribution in [3.8, 4) is 23.0 Å². The molecule has 0 spiro atoms. The molecule has 124 valence electrons. The van der Waals surface area contributed by atoms with Crippen molar-refractivity contribution < 1.29 is 18.3 Å². The molecule has 0 aliphatic rings. The molecule has 0 bridgehead atoms. The number of amides is 1. The second-order valence-corrected chi connectivity index (χ2v) is 6.44. The van der Waals surface area contributed by atoms with Crippen LogP contribution in [-0.2, 0) is 10.0 Å². The summed E-state index contributed by atoms with van der Waals surface area (Å²) in [6.45, 7) is -0.339. The Hall–Kier alpha value is -2.86. The highest BCUT2D eigenvalue weighted by molar-refractivity contribution is 7.89. The third-order valence-electron chi connectivity index (χ3n) is 3.25. The Kier molecular flexibility index (Phi) is 4.90. The molecule has 8 heteroatoms. The molecule has 0 saturated carbocycles. The summed E-state index contributed by atoms with van der Waals surface area (Å²) >= 11 is 0. The second-order valence-electron chi connectivity index (χ2n) is 4.88. The summed E-state index contributed by atoms with van der Waals surface area (Å²) in [5.74, 6) is 4.44. The van der Waals surface area contributed by atoms with Crippen LogP contribution in [0.3, 0.4) is 0 Å². The molecule has 0 radical (unpaired) electrons. The number of aliphatic hydroxyl groups excluding tert-OH is 1. The van der Waals surface area contributed by atoms with Gasteiger partial charge >= 0.3 is 0 Å². The molecule has 0 aromatic heterocycles. The fraction of sp³-hybridized carbons (Fsp3) is 0.0625. The van der Waals surface area contributed by atoms with Gasteiger partial charge in [0.15, 0.2) is 0 Å². The summed E-state index contributed by atoms with van der Waals surface area (Å²) < 4.78 is 22.6. The number of carbonyl (C=O) groups excluding carboxylic acids is 1. The predicted molar refractivity (Wildman–Crippen MR) is 90.1 cm³/mol. The van der Waals surface area contributed by atoms with Crippen molar-refractivity contribution in [1.29, 1.82) is 0 Å². The minimum atomic E-state index is -3.81. The van der Waals surface area contributed by atoms with Crippen molar-refractivity contribution in [2.45, 2.75) is 4.90 Å². The molecule has 0 aliphatic carbocycles. The maximum absolute atomic E-state index is 11.6. The minimum Gasteiger partial charge on any atom is -0.398 e. The van der Waals surface area contributed by atoms with Gasteiger partial charge in [0.05, 0.1) is 16.1 Å². The number of carbonyl (C=O) groups is 1. The topological polar surface area (TPSA) is 150 Å². The summed E-state index contributed by atoms with van der Waals surface area (Å²) in [6, 6.07) is 8.75. The highest BCUT2D eigenvalue weighted by Gasteiger charge is 2.14. The number of hydrogen-bond acceptors (Lipinski definition) is 5. The first kappa shape index (κ1) is 17.5. The smallest absolute Gasteiger partial charge is 0.250 e. The lowest BCUT2D eigenvalue weighted by molar-refractivity contribution is 0.100. The van der Waals surface area contributed by atoms with Gasteiger partial charge < -0.3 is 16.6 Å². The van der Waals surface area contributed by atoms with Crippen LogP contribution in [0.1, 0.15) is 15.9 Å². The third-order valence-corrected chi connectivity index (χ3v) is 4.18. The number of aliphatic hydroxyl groups is 1. The lowest BCUT2D eigenvalue weighted by Crippen LogP contribution is -2.14. The lowest BCUT2D eigenvalue weighted by atomic mass is 9.97. The summed E-state index contributed by atoms with van der Waals surface area (Å²) in [5.41, 5.74) is 13.0. The molecular weight excluding hydrogens is 330 g/mol. The zero-order chi connectivity index (χ0) is 17.9. The van der Waals surface area contributed by atoms with Crippen LogP contribution in [0.2, 0.25) is 0 Å². The predicted octanol–water partition coefficient (Wildman–Crippen LogP) is 0.0259. The maximum atomic E-state index is 11.6. The lowest BCUT2D eigenvalue weighted by Gasteiger charge is -2.11. The molecule has 0 fully saturated rings. The van der Waals surface area contributed by atoms with E-state index in [4.69, 9.17) is 21.7 Å². The monoisotopic (exact) mass is 345 g/mol. The number of benzene rings is 2. The van der Waals surface area contributed by atoms with Gasteiger partial charge in [0.25, 0.3) is 5.91 Å². The van der Waals surface area contributed by atoms with Crippen LogP contribution in [-0.4, -0.2) is 26.0 Å². The summed E-state index contributed by atoms with van der Waals surface area (Å²) in [4.78, 5) is 11.5. The number of nitrogens with two attached hydrogens (primary N) is 3. The number of anilines is 1. The quantitative estimate of drug-likeness (QED) is 0.457. The van der Waals surface area contributed by atoms with Crippen LogP contribution >= 0.6 is 0 Å². The third kappa shape index (κ3) is 3.72. The van der Waals surface area contributed by atoms with E-state index in [-0.39, 0.29) is 22.8 Å². The van der Waals surface area contributed by atoms with Crippen molar-refractivity contribution in [3.05, 3.63) is 47.5 Å². The van der Waals surface area contributed by atoms with Gasteiger partial charge in [0, 0.05) is 11.1 Å². The molecular formula is C16H15N3O4S. The summed E-state index contributed by atoms with van der Waals surface area (Å²) in [6.07, 6.45) is 0. The van der Waals surface area contributed by atoms with Gasteiger partial charge in [-0.05, 0) is 29.8 Å². The molecule has 7 nitrogen and oxygen atoms in total. The van der Waals surface area contributed by atoms with E-state index >= 15 is 0 Å². The first-order valence-corrected chi connectivity index (χ1v) is 8.25. The van der Waals surface area contributed by atoms with E-state index in [1.807, 2.05) is 0 Å². The van der Waals surface area contributed by atoms with Crippen molar-refractivity contribution in [2.24, 2.45) is 10.9 Å². The molecule has 1 amide bonds. The summed E-state index contributed by atoms with van der Waals surface area (Å²) in [5, 5.41) is 13.9. The molecule has 2 rings (SSSR count). The van der Waals surface area contributed by atoms with Gasteiger partial charge in [-0.1, -0.05) is 24.0 Å². The Morgan fingerprint density at radius 1 is 1.17 bits per heavy atom. The maximum Gasteiger partial charge on any atom is 0.250 e. The molecule has 0 heterocycles. The number of sulfonamides is 1. The van der Waals surface area contributed by atoms with Crippen molar-refractivity contribution in [2.75, 3.05) is 12.3 Å². The van der Waals surface area contributed by atoms with Gasteiger partial charge in [-0.3, -0.25) is 4.79 Å². The average molecular weight is 345 g/mol. The highest BCUT2D eigenvalue weighted by atomic mass is 32.2. The number of primary sulfonamides is 1. The molecule has 0 saturated heterocycles. The van der Waals surface area contributed by atoms with Crippen molar-refractivity contribution in [3.63, 3.8) is 0 Å². The van der Waals surface area contributed by atoms with Crippen molar-refractivity contribution in [1.82, 2.24) is 0 Å². The Morgan fingerprint density at radius 3 is 2.29 bits per heavy atom. The number of nitrogen functional groups attached to an aromatic ring is 1. The van der Waals surface area contributed by atoms with E-state index in [1.54, 1.807) is 6.07 Å². The minimum absolute atomic E-state index is 0.0452. The molecule has 2 aromatic carbocycles. The zero-order valence-electron chi connectivity index (χ0n) is 12.5. The van der Waals surface area contributed by atoms with E-state index in [0.717, 1.165) is 0 Å². The standard InChI is InChI=1S/C16H15N3O4S/c17-15-13(11-3-5-12(6-4-11)24(19,22)23)8-10(2-1-7-20)9-14(15)16(18)21/h3-6,8-9,20H,7,17H2,(H2,18,21)(H2,19,22,23). The number of rotatable bonds is 3. The number of hydrogen-bond donors (Lipinski definition) is 4.